The quantitative estimate of drug-likeness (QED) is 0.542. The number of halogens is 2. The number of alkyl halides is 2. The van der Waals surface area contributed by atoms with Gasteiger partial charge in [-0.25, -0.2) is 0 Å². The molecule has 0 spiro atoms. The summed E-state index contributed by atoms with van der Waals surface area (Å²) in [7, 11) is 3.13. The number of ether oxygens (including phenoxy) is 4. The summed E-state index contributed by atoms with van der Waals surface area (Å²) in [5, 5.41) is 18.6. The molecule has 0 atom stereocenters. The predicted octanol–water partition coefficient (Wildman–Crippen LogP) is 4.75. The van der Waals surface area contributed by atoms with E-state index in [2.05, 4.69) is 10.8 Å². The molecule has 0 unspecified atom stereocenters. The number of fused-ring (bicyclic) bond motifs is 3. The first-order valence-corrected chi connectivity index (χ1v) is 10.6. The van der Waals surface area contributed by atoms with Gasteiger partial charge in [-0.15, -0.1) is 0 Å². The van der Waals surface area contributed by atoms with E-state index in [0.717, 1.165) is 16.8 Å². The van der Waals surface area contributed by atoms with Gasteiger partial charge in [0.1, 0.15) is 17.1 Å². The average Bonchev–Trinajstić information content (AvgIpc) is 2.83. The van der Waals surface area contributed by atoms with E-state index in [9.17, 15) is 14.0 Å². The van der Waals surface area contributed by atoms with Crippen LogP contribution in [0.25, 0.3) is 22.4 Å². The van der Waals surface area contributed by atoms with E-state index in [4.69, 9.17) is 19.6 Å². The zero-order valence-electron chi connectivity index (χ0n) is 18.9. The van der Waals surface area contributed by atoms with Crippen molar-refractivity contribution in [3.8, 4) is 51.5 Å². The van der Waals surface area contributed by atoms with E-state index in [1.165, 1.54) is 6.07 Å². The minimum absolute atomic E-state index is 0.0706. The molecule has 9 heteroatoms. The van der Waals surface area contributed by atoms with Gasteiger partial charge in [0.25, 0.3) is 0 Å². The van der Waals surface area contributed by atoms with Crippen molar-refractivity contribution in [2.24, 2.45) is 0 Å². The molecule has 1 N–H and O–H groups in total. The molecule has 4 rings (SSSR count). The summed E-state index contributed by atoms with van der Waals surface area (Å²) >= 11 is 0. The maximum atomic E-state index is 12.8. The normalized spacial score (nSPS) is 11.9. The Morgan fingerprint density at radius 2 is 1.76 bits per heavy atom. The Hall–Kier alpha value is -4.06. The third kappa shape index (κ3) is 4.03. The van der Waals surface area contributed by atoms with E-state index < -0.39 is 6.61 Å². The minimum Gasteiger partial charge on any atom is -0.493 e. The van der Waals surface area contributed by atoms with Crippen LogP contribution in [0.4, 0.5) is 8.78 Å². The second-order valence-corrected chi connectivity index (χ2v) is 7.52. The van der Waals surface area contributed by atoms with Crippen molar-refractivity contribution < 1.29 is 27.7 Å². The van der Waals surface area contributed by atoms with Crippen LogP contribution in [0.1, 0.15) is 18.1 Å². The van der Waals surface area contributed by atoms with Crippen molar-refractivity contribution in [3.63, 3.8) is 0 Å². The minimum atomic E-state index is -3.00. The highest BCUT2D eigenvalue weighted by Gasteiger charge is 2.23. The number of methoxy groups -OCH3 is 2. The maximum Gasteiger partial charge on any atom is 0.387 e. The number of pyridine rings is 1. The number of nitriles is 1. The highest BCUT2D eigenvalue weighted by Crippen LogP contribution is 2.40. The van der Waals surface area contributed by atoms with Crippen LogP contribution in [0.15, 0.2) is 36.4 Å². The number of benzene rings is 2. The van der Waals surface area contributed by atoms with Crippen molar-refractivity contribution in [3.05, 3.63) is 53.0 Å². The van der Waals surface area contributed by atoms with Gasteiger partial charge < -0.3 is 23.5 Å². The lowest BCUT2D eigenvalue weighted by Crippen LogP contribution is -2.28. The Morgan fingerprint density at radius 1 is 1.03 bits per heavy atom. The van der Waals surface area contributed by atoms with E-state index in [0.29, 0.717) is 35.6 Å². The van der Waals surface area contributed by atoms with Crippen LogP contribution >= 0.6 is 0 Å². The summed E-state index contributed by atoms with van der Waals surface area (Å²) < 4.78 is 48.4. The molecule has 0 amide bonds. The molecule has 0 saturated carbocycles. The first-order chi connectivity index (χ1) is 16.4. The molecule has 34 heavy (non-hydrogen) atoms. The van der Waals surface area contributed by atoms with Gasteiger partial charge in [-0.2, -0.15) is 14.0 Å². The van der Waals surface area contributed by atoms with Gasteiger partial charge >= 0.3 is 6.61 Å². The fraction of sp³-hybridized carbons (Fsp3) is 0.280. The van der Waals surface area contributed by atoms with Crippen LogP contribution in [0.2, 0.25) is 0 Å². The number of aryl methyl sites for hydroxylation is 1. The molecule has 0 aliphatic carbocycles. The highest BCUT2D eigenvalue weighted by atomic mass is 19.3. The van der Waals surface area contributed by atoms with E-state index in [1.54, 1.807) is 37.8 Å². The van der Waals surface area contributed by atoms with Gasteiger partial charge in [0.2, 0.25) is 0 Å². The van der Waals surface area contributed by atoms with E-state index >= 15 is 0 Å². The lowest BCUT2D eigenvalue weighted by Gasteiger charge is -2.25. The fourth-order valence-corrected chi connectivity index (χ4v) is 4.20. The number of nitrogens with one attached hydrogen (secondary N) is 1. The molecule has 2 aromatic carbocycles. The van der Waals surface area contributed by atoms with Gasteiger partial charge in [-0.1, -0.05) is 6.07 Å². The van der Waals surface area contributed by atoms with Gasteiger partial charge in [0.05, 0.1) is 26.5 Å². The van der Waals surface area contributed by atoms with E-state index in [-0.39, 0.29) is 29.2 Å². The number of aromatic nitrogens is 1. The third-order valence-electron chi connectivity index (χ3n) is 5.72. The Kier molecular flexibility index (Phi) is 6.41. The molecule has 3 aromatic rings. The monoisotopic (exact) mass is 467 g/mol. The Morgan fingerprint density at radius 3 is 2.41 bits per heavy atom. The zero-order valence-corrected chi connectivity index (χ0v) is 18.9. The van der Waals surface area contributed by atoms with Crippen LogP contribution in [0, 0.1) is 16.7 Å². The first-order valence-electron chi connectivity index (χ1n) is 10.6. The van der Waals surface area contributed by atoms with Crippen LogP contribution in [-0.4, -0.2) is 32.0 Å². The second-order valence-electron chi connectivity index (χ2n) is 7.52. The molecule has 1 aromatic heterocycles. The smallest absolute Gasteiger partial charge is 0.387 e. The second kappa shape index (κ2) is 9.43. The molecule has 0 fully saturated rings. The van der Waals surface area contributed by atoms with Gasteiger partial charge in [0, 0.05) is 17.7 Å². The van der Waals surface area contributed by atoms with Gasteiger partial charge in [-0.05, 0) is 54.8 Å². The molecule has 0 saturated heterocycles. The lowest BCUT2D eigenvalue weighted by molar-refractivity contribution is -0.0514. The molecule has 2 heterocycles. The Bertz CT molecular complexity index is 1350. The fourth-order valence-electron chi connectivity index (χ4n) is 4.20. The molecular weight excluding hydrogens is 444 g/mol. The largest absolute Gasteiger partial charge is 0.493 e. The average molecular weight is 467 g/mol. The molecule has 0 radical (unpaired) electrons. The predicted molar refractivity (Wildman–Crippen MR) is 120 cm³/mol. The maximum absolute atomic E-state index is 12.8. The number of hydrogen-bond acceptors (Lipinski definition) is 6. The third-order valence-corrected chi connectivity index (χ3v) is 5.72. The van der Waals surface area contributed by atoms with Crippen LogP contribution in [0.5, 0.6) is 23.0 Å². The Labute approximate surface area is 195 Å². The summed E-state index contributed by atoms with van der Waals surface area (Å²) in [6, 6.07) is 12.2. The summed E-state index contributed by atoms with van der Waals surface area (Å²) in [5.74, 6) is 1.21. The van der Waals surface area contributed by atoms with Crippen LogP contribution in [-0.2, 0) is 13.0 Å². The summed E-state index contributed by atoms with van der Waals surface area (Å²) in [5.41, 5.74) is 3.93. The Balaban J connectivity index is 1.94. The van der Waals surface area contributed by atoms with Gasteiger partial charge in [-0.3, -0.25) is 5.41 Å². The van der Waals surface area contributed by atoms with E-state index in [1.807, 2.05) is 18.2 Å². The molecule has 7 nitrogen and oxygen atoms in total. The topological polar surface area (TPSA) is 89.5 Å². The van der Waals surface area contributed by atoms with Crippen molar-refractivity contribution in [2.45, 2.75) is 26.5 Å². The summed E-state index contributed by atoms with van der Waals surface area (Å²) in [6.07, 6.45) is 0.664. The summed E-state index contributed by atoms with van der Waals surface area (Å²) in [6.45, 7) is -0.498. The zero-order chi connectivity index (χ0) is 24.4. The molecule has 176 valence electrons. The number of rotatable bonds is 7. The van der Waals surface area contributed by atoms with Crippen molar-refractivity contribution in [1.82, 2.24) is 4.57 Å². The van der Waals surface area contributed by atoms with Crippen LogP contribution < -0.4 is 24.4 Å². The van der Waals surface area contributed by atoms with Crippen molar-refractivity contribution in [1.29, 1.82) is 10.7 Å². The number of nitrogens with zero attached hydrogens (tertiary/aromatic N) is 2. The van der Waals surface area contributed by atoms with Crippen molar-refractivity contribution >= 4 is 0 Å². The highest BCUT2D eigenvalue weighted by molar-refractivity contribution is 5.79. The molecule has 0 bridgehead atoms. The molecule has 1 aliphatic rings. The van der Waals surface area contributed by atoms with Gasteiger partial charge in [0.15, 0.2) is 23.0 Å². The van der Waals surface area contributed by atoms with Crippen LogP contribution in [0.3, 0.4) is 0 Å². The first kappa shape index (κ1) is 23.1. The summed E-state index contributed by atoms with van der Waals surface area (Å²) in [4.78, 5) is 0. The number of hydrogen-bond donors (Lipinski definition) is 1. The molecule has 1 aliphatic heterocycles. The lowest BCUT2D eigenvalue weighted by atomic mass is 9.92. The van der Waals surface area contributed by atoms with Crippen molar-refractivity contribution in [2.75, 3.05) is 20.8 Å². The standard InChI is InChI=1S/C25H23F2N3O4/c1-4-33-23-10-14(5-6-20(23)34-25(26)27)16-11-19-17-12-22(32-3)21(31-2)9-15(17)7-8-30(19)24(29)18(16)13-28/h5-6,9-12,25,29H,4,7-8H2,1-3H3. The molecular formula is C25H23F2N3O4. The SMILES string of the molecule is CCOc1cc(-c2cc3n(c(=N)c2C#N)CCc2cc(OC)c(OC)cc2-3)ccc1OC(F)F.